The van der Waals surface area contributed by atoms with Gasteiger partial charge in [-0.15, -0.1) is 6.58 Å². The van der Waals surface area contributed by atoms with Crippen LogP contribution in [0.4, 0.5) is 5.69 Å². The van der Waals surface area contributed by atoms with Crippen LogP contribution in [0.2, 0.25) is 0 Å². The minimum absolute atomic E-state index is 0.499. The average molecular weight is 290 g/mol. The lowest BCUT2D eigenvalue weighted by molar-refractivity contribution is 0.145. The highest BCUT2D eigenvalue weighted by molar-refractivity contribution is 5.47. The fourth-order valence-electron chi connectivity index (χ4n) is 2.58. The zero-order valence-corrected chi connectivity index (χ0v) is 12.7. The molecule has 1 fully saturated rings. The lowest BCUT2D eigenvalue weighted by atomic mass is 10.2. The van der Waals surface area contributed by atoms with Gasteiger partial charge in [0.1, 0.15) is 5.75 Å². The van der Waals surface area contributed by atoms with E-state index in [0.29, 0.717) is 13.2 Å². The van der Waals surface area contributed by atoms with E-state index in [9.17, 15) is 0 Å². The van der Waals surface area contributed by atoms with Crippen LogP contribution in [0, 0.1) is 0 Å². The summed E-state index contributed by atoms with van der Waals surface area (Å²) in [6, 6.07) is 5.71. The second-order valence-corrected chi connectivity index (χ2v) is 5.42. The third kappa shape index (κ3) is 5.40. The number of hydrogen-bond donors (Lipinski definition) is 1. The molecule has 0 bridgehead atoms. The molecule has 21 heavy (non-hydrogen) atoms. The maximum atomic E-state index is 5.89. The van der Waals surface area contributed by atoms with Crippen molar-refractivity contribution in [3.8, 4) is 5.75 Å². The number of ether oxygens (including phenoxy) is 2. The standard InChI is InChI=1S/C17H26N2O2/c1-2-11-20-14-15-13-16(18)6-7-17(15)21-12-5-10-19-8-3-4-9-19/h2,6-7,13H,1,3-5,8-12,14,18H2. The molecule has 0 saturated carbocycles. The summed E-state index contributed by atoms with van der Waals surface area (Å²) in [5, 5.41) is 0. The molecule has 1 aromatic rings. The fourth-order valence-corrected chi connectivity index (χ4v) is 2.58. The summed E-state index contributed by atoms with van der Waals surface area (Å²) in [6.45, 7) is 9.00. The van der Waals surface area contributed by atoms with Gasteiger partial charge in [-0.2, -0.15) is 0 Å². The van der Waals surface area contributed by atoms with Gasteiger partial charge in [0.2, 0.25) is 0 Å². The number of anilines is 1. The number of nitrogens with two attached hydrogens (primary N) is 1. The molecule has 0 aliphatic carbocycles. The molecule has 1 aliphatic heterocycles. The first-order valence-corrected chi connectivity index (χ1v) is 7.72. The molecule has 1 heterocycles. The van der Waals surface area contributed by atoms with Gasteiger partial charge in [0, 0.05) is 17.8 Å². The van der Waals surface area contributed by atoms with Gasteiger partial charge in [-0.05, 0) is 50.6 Å². The largest absolute Gasteiger partial charge is 0.493 e. The van der Waals surface area contributed by atoms with Crippen LogP contribution < -0.4 is 10.5 Å². The van der Waals surface area contributed by atoms with Gasteiger partial charge in [-0.25, -0.2) is 0 Å². The van der Waals surface area contributed by atoms with Gasteiger partial charge in [0.05, 0.1) is 19.8 Å². The van der Waals surface area contributed by atoms with E-state index in [1.807, 2.05) is 18.2 Å². The number of nitrogens with zero attached hydrogens (tertiary/aromatic N) is 1. The molecule has 0 radical (unpaired) electrons. The van der Waals surface area contributed by atoms with Gasteiger partial charge in [-0.1, -0.05) is 6.08 Å². The Balaban J connectivity index is 1.78. The molecule has 0 amide bonds. The van der Waals surface area contributed by atoms with E-state index in [0.717, 1.165) is 36.6 Å². The van der Waals surface area contributed by atoms with Crippen LogP contribution in [0.3, 0.4) is 0 Å². The third-order valence-electron chi connectivity index (χ3n) is 3.65. The molecular weight excluding hydrogens is 264 g/mol. The summed E-state index contributed by atoms with van der Waals surface area (Å²) < 4.78 is 11.4. The first-order valence-electron chi connectivity index (χ1n) is 7.72. The van der Waals surface area contributed by atoms with Crippen molar-refractivity contribution in [2.45, 2.75) is 25.9 Å². The lowest BCUT2D eigenvalue weighted by Crippen LogP contribution is -2.22. The predicted molar refractivity (Wildman–Crippen MR) is 86.5 cm³/mol. The summed E-state index contributed by atoms with van der Waals surface area (Å²) in [6.07, 6.45) is 5.47. The zero-order chi connectivity index (χ0) is 14.9. The second-order valence-electron chi connectivity index (χ2n) is 5.42. The van der Waals surface area contributed by atoms with Gasteiger partial charge in [-0.3, -0.25) is 0 Å². The van der Waals surface area contributed by atoms with Crippen LogP contribution in [0.1, 0.15) is 24.8 Å². The quantitative estimate of drug-likeness (QED) is 0.431. The Bertz CT molecular complexity index is 442. The molecule has 1 aromatic carbocycles. The van der Waals surface area contributed by atoms with E-state index < -0.39 is 0 Å². The number of likely N-dealkylation sites (tertiary alicyclic amines) is 1. The molecule has 2 rings (SSSR count). The number of nitrogen functional groups attached to an aromatic ring is 1. The number of rotatable bonds is 9. The van der Waals surface area contributed by atoms with Crippen LogP contribution in [-0.2, 0) is 11.3 Å². The van der Waals surface area contributed by atoms with Crippen LogP contribution in [0.15, 0.2) is 30.9 Å². The molecule has 2 N–H and O–H groups in total. The first kappa shape index (κ1) is 15.9. The van der Waals surface area contributed by atoms with Crippen molar-refractivity contribution in [1.82, 2.24) is 4.90 Å². The van der Waals surface area contributed by atoms with E-state index >= 15 is 0 Å². The summed E-state index contributed by atoms with van der Waals surface area (Å²) >= 11 is 0. The highest BCUT2D eigenvalue weighted by Crippen LogP contribution is 2.22. The Morgan fingerprint density at radius 2 is 2.10 bits per heavy atom. The Morgan fingerprint density at radius 1 is 1.29 bits per heavy atom. The van der Waals surface area contributed by atoms with Crippen molar-refractivity contribution in [3.05, 3.63) is 36.4 Å². The molecule has 0 atom stereocenters. The molecule has 116 valence electrons. The lowest BCUT2D eigenvalue weighted by Gasteiger charge is -2.16. The summed E-state index contributed by atoms with van der Waals surface area (Å²) in [7, 11) is 0. The molecule has 0 unspecified atom stereocenters. The van der Waals surface area contributed by atoms with Crippen LogP contribution in [0.25, 0.3) is 0 Å². The maximum absolute atomic E-state index is 5.89. The Labute approximate surface area is 127 Å². The molecule has 1 saturated heterocycles. The zero-order valence-electron chi connectivity index (χ0n) is 12.7. The maximum Gasteiger partial charge on any atom is 0.124 e. The van der Waals surface area contributed by atoms with Crippen LogP contribution in [0.5, 0.6) is 5.75 Å². The van der Waals surface area contributed by atoms with E-state index in [1.165, 1.54) is 25.9 Å². The van der Waals surface area contributed by atoms with Crippen molar-refractivity contribution in [2.75, 3.05) is 38.6 Å². The van der Waals surface area contributed by atoms with Crippen molar-refractivity contribution < 1.29 is 9.47 Å². The summed E-state index contributed by atoms with van der Waals surface area (Å²) in [4.78, 5) is 2.50. The SMILES string of the molecule is C=CCOCc1cc(N)ccc1OCCCN1CCCC1. The topological polar surface area (TPSA) is 47.7 Å². The van der Waals surface area contributed by atoms with E-state index in [-0.39, 0.29) is 0 Å². The molecule has 4 nitrogen and oxygen atoms in total. The fraction of sp³-hybridized carbons (Fsp3) is 0.529. The van der Waals surface area contributed by atoms with Gasteiger partial charge in [0.25, 0.3) is 0 Å². The van der Waals surface area contributed by atoms with E-state index in [1.54, 1.807) is 6.08 Å². The molecular formula is C17H26N2O2. The van der Waals surface area contributed by atoms with Crippen molar-refractivity contribution in [3.63, 3.8) is 0 Å². The Kier molecular flexibility index (Phi) is 6.57. The van der Waals surface area contributed by atoms with E-state index in [2.05, 4.69) is 11.5 Å². The number of hydrogen-bond acceptors (Lipinski definition) is 4. The molecule has 0 spiro atoms. The predicted octanol–water partition coefficient (Wildman–Crippen LogP) is 2.84. The smallest absolute Gasteiger partial charge is 0.124 e. The summed E-state index contributed by atoms with van der Waals surface area (Å²) in [5.74, 6) is 0.870. The highest BCUT2D eigenvalue weighted by atomic mass is 16.5. The van der Waals surface area contributed by atoms with Crippen LogP contribution in [-0.4, -0.2) is 37.7 Å². The highest BCUT2D eigenvalue weighted by Gasteiger charge is 2.11. The summed E-state index contributed by atoms with van der Waals surface area (Å²) in [5.41, 5.74) is 7.56. The molecule has 1 aliphatic rings. The Hall–Kier alpha value is -1.52. The average Bonchev–Trinajstić information content (AvgIpc) is 2.99. The van der Waals surface area contributed by atoms with Gasteiger partial charge in [0.15, 0.2) is 0 Å². The second kappa shape index (κ2) is 8.70. The third-order valence-corrected chi connectivity index (χ3v) is 3.65. The van der Waals surface area contributed by atoms with Crippen molar-refractivity contribution in [2.24, 2.45) is 0 Å². The minimum atomic E-state index is 0.499. The number of benzene rings is 1. The monoisotopic (exact) mass is 290 g/mol. The van der Waals surface area contributed by atoms with Crippen molar-refractivity contribution in [1.29, 1.82) is 0 Å². The Morgan fingerprint density at radius 3 is 2.86 bits per heavy atom. The van der Waals surface area contributed by atoms with Gasteiger partial charge >= 0.3 is 0 Å². The minimum Gasteiger partial charge on any atom is -0.493 e. The van der Waals surface area contributed by atoms with Gasteiger partial charge < -0.3 is 20.1 Å². The van der Waals surface area contributed by atoms with Crippen molar-refractivity contribution >= 4 is 5.69 Å². The molecule has 0 aromatic heterocycles. The first-order chi connectivity index (χ1) is 10.3. The van der Waals surface area contributed by atoms with Crippen LogP contribution >= 0.6 is 0 Å². The molecule has 4 heteroatoms. The van der Waals surface area contributed by atoms with E-state index in [4.69, 9.17) is 15.2 Å². The normalized spacial score (nSPS) is 15.2.